The smallest absolute Gasteiger partial charge is 0.321 e. The minimum atomic E-state index is -0.499. The maximum absolute atomic E-state index is 13.5. The van der Waals surface area contributed by atoms with E-state index in [0.717, 1.165) is 12.8 Å². The highest BCUT2D eigenvalue weighted by molar-refractivity contribution is 6.02. The van der Waals surface area contributed by atoms with Crippen LogP contribution in [0.25, 0.3) is 0 Å². The maximum Gasteiger partial charge on any atom is 0.321 e. The zero-order valence-electron chi connectivity index (χ0n) is 22.3. The first-order valence-electron chi connectivity index (χ1n) is 12.9. The minimum absolute atomic E-state index is 0.0245. The standard InChI is InChI=1S/C28H36N4O6/c1-17-14-32(18(2)16-33)27(35)22-6-5-7-23(30-26(34)19-8-9-19)25(22)38-24(17)15-31(3)28(36)29-20-10-12-21(37-4)13-11-20/h5-7,10-13,17-19,24,33H,8-9,14-16H2,1-4H3,(H,29,36)(H,30,34)/t17-,18-,24+/m0/s1. The van der Waals surface area contributed by atoms with Crippen molar-refractivity contribution in [3.63, 3.8) is 0 Å². The molecular weight excluding hydrogens is 488 g/mol. The summed E-state index contributed by atoms with van der Waals surface area (Å²) in [5.74, 6) is 0.375. The number of rotatable bonds is 8. The van der Waals surface area contributed by atoms with Crippen molar-refractivity contribution in [2.75, 3.05) is 44.5 Å². The van der Waals surface area contributed by atoms with Crippen molar-refractivity contribution >= 4 is 29.2 Å². The van der Waals surface area contributed by atoms with E-state index in [9.17, 15) is 19.5 Å². The van der Waals surface area contributed by atoms with Gasteiger partial charge in [0.1, 0.15) is 11.9 Å². The fourth-order valence-corrected chi connectivity index (χ4v) is 4.39. The summed E-state index contributed by atoms with van der Waals surface area (Å²) in [5.41, 5.74) is 1.35. The van der Waals surface area contributed by atoms with Gasteiger partial charge in [-0.1, -0.05) is 13.0 Å². The number of ether oxygens (including phenoxy) is 2. The van der Waals surface area contributed by atoms with Gasteiger partial charge in [-0.2, -0.15) is 0 Å². The summed E-state index contributed by atoms with van der Waals surface area (Å²) < 4.78 is 11.6. The number of methoxy groups -OCH3 is 1. The molecule has 3 N–H and O–H groups in total. The Morgan fingerprint density at radius 2 is 1.89 bits per heavy atom. The molecule has 38 heavy (non-hydrogen) atoms. The Labute approximate surface area is 222 Å². The fraction of sp³-hybridized carbons (Fsp3) is 0.464. The van der Waals surface area contributed by atoms with Gasteiger partial charge in [0.2, 0.25) is 5.91 Å². The number of nitrogens with zero attached hydrogens (tertiary/aromatic N) is 2. The molecule has 4 rings (SSSR count). The van der Waals surface area contributed by atoms with Crippen LogP contribution in [0.3, 0.4) is 0 Å². The molecule has 2 aliphatic rings. The first-order chi connectivity index (χ1) is 18.2. The molecule has 0 radical (unpaired) electrons. The van der Waals surface area contributed by atoms with Gasteiger partial charge in [-0.05, 0) is 56.2 Å². The zero-order chi connectivity index (χ0) is 27.4. The highest BCUT2D eigenvalue weighted by Crippen LogP contribution is 2.37. The summed E-state index contributed by atoms with van der Waals surface area (Å²) in [7, 11) is 3.25. The Balaban J connectivity index is 1.59. The van der Waals surface area contributed by atoms with Crippen LogP contribution in [0.4, 0.5) is 16.2 Å². The first kappa shape index (κ1) is 27.3. The zero-order valence-corrected chi connectivity index (χ0v) is 22.3. The van der Waals surface area contributed by atoms with Gasteiger partial charge in [0.15, 0.2) is 5.75 Å². The molecule has 10 heteroatoms. The lowest BCUT2D eigenvalue weighted by molar-refractivity contribution is -0.117. The Hall–Kier alpha value is -3.79. The molecule has 0 unspecified atom stereocenters. The number of fused-ring (bicyclic) bond motifs is 1. The van der Waals surface area contributed by atoms with Gasteiger partial charge in [-0.25, -0.2) is 4.79 Å². The number of anilines is 2. The second kappa shape index (κ2) is 11.7. The van der Waals surface area contributed by atoms with Gasteiger partial charge in [0, 0.05) is 31.1 Å². The molecule has 2 aromatic carbocycles. The lowest BCUT2D eigenvalue weighted by atomic mass is 9.99. The lowest BCUT2D eigenvalue weighted by Gasteiger charge is -2.38. The third-order valence-corrected chi connectivity index (χ3v) is 7.04. The second-order valence-corrected chi connectivity index (χ2v) is 10.1. The fourth-order valence-electron chi connectivity index (χ4n) is 4.39. The monoisotopic (exact) mass is 524 g/mol. The molecule has 1 fully saturated rings. The molecule has 1 saturated carbocycles. The number of urea groups is 1. The van der Waals surface area contributed by atoms with Crippen molar-refractivity contribution in [3.05, 3.63) is 48.0 Å². The molecule has 0 bridgehead atoms. The van der Waals surface area contributed by atoms with E-state index in [-0.39, 0.29) is 48.6 Å². The van der Waals surface area contributed by atoms with Crippen LogP contribution in [-0.4, -0.2) is 78.8 Å². The number of hydrogen-bond donors (Lipinski definition) is 3. The minimum Gasteiger partial charge on any atom is -0.497 e. The molecule has 0 saturated heterocycles. The molecular formula is C28H36N4O6. The van der Waals surface area contributed by atoms with E-state index in [1.54, 1.807) is 68.4 Å². The quantitative estimate of drug-likeness (QED) is 0.487. The van der Waals surface area contributed by atoms with Crippen LogP contribution >= 0.6 is 0 Å². The molecule has 204 valence electrons. The van der Waals surface area contributed by atoms with Gasteiger partial charge in [0.05, 0.1) is 37.6 Å². The SMILES string of the molecule is COc1ccc(NC(=O)N(C)C[C@H]2Oc3c(NC(=O)C4CC4)cccc3C(=O)N([C@@H](C)CO)C[C@@H]2C)cc1. The summed E-state index contributed by atoms with van der Waals surface area (Å²) in [6, 6.07) is 11.4. The summed E-state index contributed by atoms with van der Waals surface area (Å²) in [5, 5.41) is 15.6. The summed E-state index contributed by atoms with van der Waals surface area (Å²) >= 11 is 0. The van der Waals surface area contributed by atoms with Crippen LogP contribution in [0.15, 0.2) is 42.5 Å². The molecule has 3 atom stereocenters. The summed E-state index contributed by atoms with van der Waals surface area (Å²) in [4.78, 5) is 42.3. The normalized spacial score (nSPS) is 19.8. The average Bonchev–Trinajstić information content (AvgIpc) is 3.76. The number of amides is 4. The van der Waals surface area contributed by atoms with Gasteiger partial charge in [-0.15, -0.1) is 0 Å². The van der Waals surface area contributed by atoms with Gasteiger partial charge in [0.25, 0.3) is 5.91 Å². The Kier molecular flexibility index (Phi) is 8.41. The molecule has 4 amide bonds. The van der Waals surface area contributed by atoms with Crippen LogP contribution < -0.4 is 20.1 Å². The number of aliphatic hydroxyl groups is 1. The van der Waals surface area contributed by atoms with Gasteiger partial charge in [-0.3, -0.25) is 9.59 Å². The molecule has 1 aliphatic carbocycles. The number of carbonyl (C=O) groups excluding carboxylic acids is 3. The van der Waals surface area contributed by atoms with Crippen molar-refractivity contribution in [2.24, 2.45) is 11.8 Å². The van der Waals surface area contributed by atoms with Crippen molar-refractivity contribution in [1.82, 2.24) is 9.80 Å². The highest BCUT2D eigenvalue weighted by atomic mass is 16.5. The van der Waals surface area contributed by atoms with E-state index in [4.69, 9.17) is 9.47 Å². The predicted octanol–water partition coefficient (Wildman–Crippen LogP) is 3.43. The number of para-hydroxylation sites is 1. The number of likely N-dealkylation sites (N-methyl/N-ethyl adjacent to an activating group) is 1. The average molecular weight is 525 g/mol. The van der Waals surface area contributed by atoms with E-state index in [0.29, 0.717) is 29.2 Å². The van der Waals surface area contributed by atoms with E-state index >= 15 is 0 Å². The number of nitrogens with one attached hydrogen (secondary N) is 2. The van der Waals surface area contributed by atoms with Crippen molar-refractivity contribution in [3.8, 4) is 11.5 Å². The third-order valence-electron chi connectivity index (χ3n) is 7.04. The van der Waals surface area contributed by atoms with Crippen LogP contribution in [0.2, 0.25) is 0 Å². The molecule has 1 heterocycles. The van der Waals surface area contributed by atoms with E-state index < -0.39 is 12.1 Å². The number of benzene rings is 2. The van der Waals surface area contributed by atoms with Crippen LogP contribution in [0.1, 0.15) is 37.0 Å². The number of carbonyl (C=O) groups is 3. The predicted molar refractivity (Wildman–Crippen MR) is 144 cm³/mol. The van der Waals surface area contributed by atoms with E-state index in [1.165, 1.54) is 4.90 Å². The van der Waals surface area contributed by atoms with E-state index in [1.807, 2.05) is 6.92 Å². The molecule has 10 nitrogen and oxygen atoms in total. The van der Waals surface area contributed by atoms with E-state index in [2.05, 4.69) is 10.6 Å². The lowest BCUT2D eigenvalue weighted by Crippen LogP contribution is -2.50. The Morgan fingerprint density at radius 3 is 2.53 bits per heavy atom. The summed E-state index contributed by atoms with van der Waals surface area (Å²) in [6.07, 6.45) is 1.19. The Bertz CT molecular complexity index is 1170. The van der Waals surface area contributed by atoms with Crippen LogP contribution in [0.5, 0.6) is 11.5 Å². The summed E-state index contributed by atoms with van der Waals surface area (Å²) in [6.45, 7) is 4.09. The van der Waals surface area contributed by atoms with Gasteiger partial charge < -0.3 is 35.0 Å². The molecule has 0 aromatic heterocycles. The van der Waals surface area contributed by atoms with Gasteiger partial charge >= 0.3 is 6.03 Å². The van der Waals surface area contributed by atoms with Crippen LogP contribution in [0, 0.1) is 11.8 Å². The maximum atomic E-state index is 13.5. The first-order valence-corrected chi connectivity index (χ1v) is 12.9. The highest BCUT2D eigenvalue weighted by Gasteiger charge is 2.36. The van der Waals surface area contributed by atoms with Crippen molar-refractivity contribution in [1.29, 1.82) is 0 Å². The topological polar surface area (TPSA) is 120 Å². The van der Waals surface area contributed by atoms with Crippen molar-refractivity contribution < 1.29 is 29.0 Å². The number of aliphatic hydroxyl groups excluding tert-OH is 1. The van der Waals surface area contributed by atoms with Crippen molar-refractivity contribution in [2.45, 2.75) is 38.8 Å². The molecule has 0 spiro atoms. The second-order valence-electron chi connectivity index (χ2n) is 10.1. The molecule has 1 aliphatic heterocycles. The third kappa shape index (κ3) is 6.19. The van der Waals surface area contributed by atoms with Crippen LogP contribution in [-0.2, 0) is 4.79 Å². The molecule has 2 aromatic rings. The number of hydrogen-bond acceptors (Lipinski definition) is 6. The Morgan fingerprint density at radius 1 is 1.18 bits per heavy atom. The largest absolute Gasteiger partial charge is 0.497 e.